The maximum absolute atomic E-state index is 10.3. The van der Waals surface area contributed by atoms with Crippen molar-refractivity contribution < 1.29 is 14.6 Å². The molecule has 0 aromatic rings. The average Bonchev–Trinajstić information content (AvgIpc) is 2.13. The van der Waals surface area contributed by atoms with Gasteiger partial charge in [0.05, 0.1) is 12.7 Å². The molecule has 84 valence electrons. The Morgan fingerprint density at radius 2 is 2.29 bits per heavy atom. The molecular weight excluding hydrogens is 186 g/mol. The van der Waals surface area contributed by atoms with Gasteiger partial charge in [-0.2, -0.15) is 0 Å². The summed E-state index contributed by atoms with van der Waals surface area (Å²) in [6.45, 7) is 4.27. The highest BCUT2D eigenvalue weighted by atomic mass is 16.5. The van der Waals surface area contributed by atoms with E-state index >= 15 is 0 Å². The fraction of sp³-hybridized carbons (Fsp3) is 0.875. The van der Waals surface area contributed by atoms with Gasteiger partial charge < -0.3 is 26.2 Å². The zero-order valence-corrected chi connectivity index (χ0v) is 8.45. The number of aliphatic hydroxyl groups excluding tert-OH is 1. The highest BCUT2D eigenvalue weighted by molar-refractivity contribution is 5.71. The monoisotopic (exact) mass is 205 g/mol. The van der Waals surface area contributed by atoms with Gasteiger partial charge in [-0.15, -0.1) is 0 Å². The van der Waals surface area contributed by atoms with E-state index in [9.17, 15) is 9.90 Å². The SMILES string of the molecule is CCOCC(O)CNCCNC(N)=O. The maximum atomic E-state index is 10.3. The van der Waals surface area contributed by atoms with Crippen molar-refractivity contribution in [1.82, 2.24) is 10.6 Å². The van der Waals surface area contributed by atoms with Gasteiger partial charge in [0.25, 0.3) is 0 Å². The van der Waals surface area contributed by atoms with Gasteiger partial charge in [0.15, 0.2) is 0 Å². The largest absolute Gasteiger partial charge is 0.389 e. The lowest BCUT2D eigenvalue weighted by atomic mass is 10.4. The number of carbonyl (C=O) groups is 1. The van der Waals surface area contributed by atoms with Gasteiger partial charge in [0.2, 0.25) is 0 Å². The minimum Gasteiger partial charge on any atom is -0.389 e. The zero-order valence-electron chi connectivity index (χ0n) is 8.45. The summed E-state index contributed by atoms with van der Waals surface area (Å²) in [5, 5.41) is 14.7. The second-order valence-electron chi connectivity index (χ2n) is 2.81. The van der Waals surface area contributed by atoms with Crippen LogP contribution in [0.25, 0.3) is 0 Å². The first-order valence-electron chi connectivity index (χ1n) is 4.66. The fourth-order valence-electron chi connectivity index (χ4n) is 0.856. The van der Waals surface area contributed by atoms with Crippen molar-refractivity contribution in [3.8, 4) is 0 Å². The summed E-state index contributed by atoms with van der Waals surface area (Å²) in [5.41, 5.74) is 4.85. The quantitative estimate of drug-likeness (QED) is 0.368. The highest BCUT2D eigenvalue weighted by Crippen LogP contribution is 1.82. The van der Waals surface area contributed by atoms with Gasteiger partial charge in [-0.1, -0.05) is 0 Å². The number of primary amides is 1. The van der Waals surface area contributed by atoms with Crippen molar-refractivity contribution in [1.29, 1.82) is 0 Å². The topological polar surface area (TPSA) is 96.6 Å². The van der Waals surface area contributed by atoms with Crippen LogP contribution in [-0.4, -0.2) is 50.1 Å². The number of nitrogens with two attached hydrogens (primary N) is 1. The first-order chi connectivity index (χ1) is 6.66. The Bertz CT molecular complexity index is 155. The minimum absolute atomic E-state index is 0.326. The Hall–Kier alpha value is -0.850. The smallest absolute Gasteiger partial charge is 0.312 e. The van der Waals surface area contributed by atoms with E-state index in [0.29, 0.717) is 32.8 Å². The lowest BCUT2D eigenvalue weighted by molar-refractivity contribution is 0.0430. The van der Waals surface area contributed by atoms with Crippen LogP contribution < -0.4 is 16.4 Å². The molecule has 0 saturated carbocycles. The predicted molar refractivity (Wildman–Crippen MR) is 53.0 cm³/mol. The van der Waals surface area contributed by atoms with E-state index in [-0.39, 0.29) is 0 Å². The summed E-state index contributed by atoms with van der Waals surface area (Å²) in [7, 11) is 0. The number of hydrogen-bond donors (Lipinski definition) is 4. The standard InChI is InChI=1S/C8H19N3O3/c1-2-14-6-7(12)5-10-3-4-11-8(9)13/h7,10,12H,2-6H2,1H3,(H3,9,11,13). The van der Waals surface area contributed by atoms with Crippen LogP contribution in [0, 0.1) is 0 Å². The van der Waals surface area contributed by atoms with Crippen LogP contribution in [0.5, 0.6) is 0 Å². The molecule has 0 aromatic carbocycles. The van der Waals surface area contributed by atoms with Crippen molar-refractivity contribution in [2.75, 3.05) is 32.8 Å². The molecule has 0 spiro atoms. The number of hydrogen-bond acceptors (Lipinski definition) is 4. The number of ether oxygens (including phenoxy) is 1. The van der Waals surface area contributed by atoms with Crippen LogP contribution in [-0.2, 0) is 4.74 Å². The van der Waals surface area contributed by atoms with Crippen molar-refractivity contribution in [3.05, 3.63) is 0 Å². The van der Waals surface area contributed by atoms with Crippen molar-refractivity contribution in [2.24, 2.45) is 5.73 Å². The Morgan fingerprint density at radius 3 is 2.86 bits per heavy atom. The van der Waals surface area contributed by atoms with Gasteiger partial charge in [0.1, 0.15) is 0 Å². The molecule has 6 heteroatoms. The van der Waals surface area contributed by atoms with Crippen LogP contribution in [0.2, 0.25) is 0 Å². The van der Waals surface area contributed by atoms with E-state index in [2.05, 4.69) is 10.6 Å². The van der Waals surface area contributed by atoms with Gasteiger partial charge in [-0.3, -0.25) is 0 Å². The number of urea groups is 1. The van der Waals surface area contributed by atoms with E-state index in [1.807, 2.05) is 6.92 Å². The molecule has 0 aliphatic carbocycles. The normalized spacial score (nSPS) is 12.4. The van der Waals surface area contributed by atoms with Gasteiger partial charge in [-0.25, -0.2) is 4.79 Å². The van der Waals surface area contributed by atoms with Crippen LogP contribution in [0.4, 0.5) is 4.79 Å². The fourth-order valence-corrected chi connectivity index (χ4v) is 0.856. The molecule has 0 aromatic heterocycles. The predicted octanol–water partition coefficient (Wildman–Crippen LogP) is -1.36. The van der Waals surface area contributed by atoms with Crippen LogP contribution in [0.15, 0.2) is 0 Å². The van der Waals surface area contributed by atoms with E-state index in [0.717, 1.165) is 0 Å². The number of aliphatic hydroxyl groups is 1. The number of nitrogens with one attached hydrogen (secondary N) is 2. The highest BCUT2D eigenvalue weighted by Gasteiger charge is 2.02. The Kier molecular flexibility index (Phi) is 8.20. The number of amides is 2. The van der Waals surface area contributed by atoms with Crippen molar-refractivity contribution >= 4 is 6.03 Å². The second-order valence-corrected chi connectivity index (χ2v) is 2.81. The molecule has 0 fully saturated rings. The van der Waals surface area contributed by atoms with E-state index in [1.54, 1.807) is 0 Å². The lowest BCUT2D eigenvalue weighted by Crippen LogP contribution is -2.38. The molecule has 0 saturated heterocycles. The summed E-state index contributed by atoms with van der Waals surface area (Å²) in [6, 6.07) is -0.540. The average molecular weight is 205 g/mol. The molecule has 2 amide bonds. The number of rotatable bonds is 8. The molecule has 0 radical (unpaired) electrons. The van der Waals surface area contributed by atoms with Crippen LogP contribution >= 0.6 is 0 Å². The molecule has 14 heavy (non-hydrogen) atoms. The van der Waals surface area contributed by atoms with E-state index in [1.165, 1.54) is 0 Å². The van der Waals surface area contributed by atoms with Gasteiger partial charge in [-0.05, 0) is 6.92 Å². The van der Waals surface area contributed by atoms with E-state index < -0.39 is 12.1 Å². The summed E-state index contributed by atoms with van der Waals surface area (Å²) in [5.74, 6) is 0. The third-order valence-corrected chi connectivity index (χ3v) is 1.50. The summed E-state index contributed by atoms with van der Waals surface area (Å²) in [6.07, 6.45) is -0.511. The Labute approximate surface area is 83.8 Å². The molecule has 0 rings (SSSR count). The molecule has 5 N–H and O–H groups in total. The first-order valence-corrected chi connectivity index (χ1v) is 4.66. The molecule has 6 nitrogen and oxygen atoms in total. The van der Waals surface area contributed by atoms with Crippen LogP contribution in [0.3, 0.4) is 0 Å². The Balaban J connectivity index is 3.14. The molecule has 0 aliphatic rings. The first kappa shape index (κ1) is 13.2. The van der Waals surface area contributed by atoms with Crippen molar-refractivity contribution in [2.45, 2.75) is 13.0 Å². The zero-order chi connectivity index (χ0) is 10.8. The summed E-state index contributed by atoms with van der Waals surface area (Å²) in [4.78, 5) is 10.3. The molecule has 0 bridgehead atoms. The van der Waals surface area contributed by atoms with Gasteiger partial charge in [0, 0.05) is 26.2 Å². The van der Waals surface area contributed by atoms with Crippen LogP contribution in [0.1, 0.15) is 6.92 Å². The molecular formula is C8H19N3O3. The molecule has 0 heterocycles. The maximum Gasteiger partial charge on any atom is 0.312 e. The number of carbonyl (C=O) groups excluding carboxylic acids is 1. The molecule has 1 unspecified atom stereocenters. The van der Waals surface area contributed by atoms with Gasteiger partial charge >= 0.3 is 6.03 Å². The minimum atomic E-state index is -0.540. The third kappa shape index (κ3) is 9.24. The second kappa shape index (κ2) is 8.74. The van der Waals surface area contributed by atoms with E-state index in [4.69, 9.17) is 10.5 Å². The summed E-state index contributed by atoms with van der Waals surface area (Å²) >= 11 is 0. The van der Waals surface area contributed by atoms with Crippen molar-refractivity contribution in [3.63, 3.8) is 0 Å². The molecule has 0 aliphatic heterocycles. The Morgan fingerprint density at radius 1 is 1.57 bits per heavy atom. The third-order valence-electron chi connectivity index (χ3n) is 1.50. The molecule has 1 atom stereocenters. The lowest BCUT2D eigenvalue weighted by Gasteiger charge is -2.11. The summed E-state index contributed by atoms with van der Waals surface area (Å²) < 4.78 is 5.01.